The zero-order valence-corrected chi connectivity index (χ0v) is 17.2. The van der Waals surface area contributed by atoms with Crippen molar-refractivity contribution in [1.82, 2.24) is 14.8 Å². The van der Waals surface area contributed by atoms with Gasteiger partial charge in [-0.3, -0.25) is 14.2 Å². The van der Waals surface area contributed by atoms with Crippen LogP contribution in [0.2, 0.25) is 0 Å². The average Bonchev–Trinajstić information content (AvgIpc) is 3.20. The van der Waals surface area contributed by atoms with Crippen LogP contribution in [-0.2, 0) is 4.79 Å². The van der Waals surface area contributed by atoms with E-state index in [9.17, 15) is 9.59 Å². The van der Waals surface area contributed by atoms with E-state index in [1.54, 1.807) is 35.6 Å². The fourth-order valence-corrected chi connectivity index (χ4v) is 4.46. The monoisotopic (exact) mass is 412 g/mol. The van der Waals surface area contributed by atoms with E-state index in [1.807, 2.05) is 24.4 Å². The zero-order chi connectivity index (χ0) is 19.7. The van der Waals surface area contributed by atoms with Gasteiger partial charge in [0.25, 0.3) is 0 Å². The number of thiophene rings is 1. The van der Waals surface area contributed by atoms with Crippen LogP contribution >= 0.6 is 23.1 Å². The number of nitrogens with zero attached hydrogens (tertiary/aromatic N) is 3. The molecule has 0 spiro atoms. The van der Waals surface area contributed by atoms with Crippen molar-refractivity contribution >= 4 is 40.5 Å². The number of amides is 1. The first-order chi connectivity index (χ1) is 13.5. The number of Topliss-reactive ketones (excluding diaryl/α,β-unsaturated/α-hetero) is 1. The molecule has 2 heterocycles. The Hall–Kier alpha value is -2.45. The van der Waals surface area contributed by atoms with Crippen molar-refractivity contribution in [3.63, 3.8) is 0 Å². The lowest BCUT2D eigenvalue weighted by molar-refractivity contribution is -0.115. The largest absolute Gasteiger partial charge is 0.325 e. The van der Waals surface area contributed by atoms with Gasteiger partial charge in [0.1, 0.15) is 0 Å². The van der Waals surface area contributed by atoms with Gasteiger partial charge < -0.3 is 5.32 Å². The number of nitrogens with one attached hydrogen (secondary N) is 1. The number of benzene rings is 1. The van der Waals surface area contributed by atoms with Crippen molar-refractivity contribution in [2.45, 2.75) is 43.1 Å². The standard InChI is InChI=1S/C20H20N4O2S2/c1-12(25)14-5-7-15(8-6-14)21-19(26)13(2)28-20-23-22-18(17-4-3-11-27-17)24(20)16-9-10-16/h3-8,11,13,16H,9-10H2,1-2H3,(H,21,26)/t13-/m0/s1. The number of carbonyl (C=O) groups excluding carboxylic acids is 2. The molecule has 8 heteroatoms. The van der Waals surface area contributed by atoms with E-state index in [1.165, 1.54) is 18.7 Å². The fraction of sp³-hybridized carbons (Fsp3) is 0.300. The van der Waals surface area contributed by atoms with Gasteiger partial charge in [-0.25, -0.2) is 0 Å². The number of hydrogen-bond acceptors (Lipinski definition) is 6. The summed E-state index contributed by atoms with van der Waals surface area (Å²) in [5.41, 5.74) is 1.30. The van der Waals surface area contributed by atoms with Crippen LogP contribution in [0.4, 0.5) is 5.69 Å². The maximum absolute atomic E-state index is 12.6. The molecule has 4 rings (SSSR count). The third kappa shape index (κ3) is 4.02. The number of thioether (sulfide) groups is 1. The quantitative estimate of drug-likeness (QED) is 0.451. The smallest absolute Gasteiger partial charge is 0.237 e. The molecule has 1 amide bonds. The second-order valence-electron chi connectivity index (χ2n) is 6.77. The van der Waals surface area contributed by atoms with Gasteiger partial charge in [0, 0.05) is 17.3 Å². The summed E-state index contributed by atoms with van der Waals surface area (Å²) in [7, 11) is 0. The third-order valence-electron chi connectivity index (χ3n) is 4.53. The second-order valence-corrected chi connectivity index (χ2v) is 9.02. The molecule has 144 valence electrons. The van der Waals surface area contributed by atoms with Crippen molar-refractivity contribution in [2.24, 2.45) is 0 Å². The van der Waals surface area contributed by atoms with Gasteiger partial charge >= 0.3 is 0 Å². The van der Waals surface area contributed by atoms with Crippen LogP contribution in [-0.4, -0.2) is 31.7 Å². The lowest BCUT2D eigenvalue weighted by Crippen LogP contribution is -2.23. The predicted molar refractivity (Wildman–Crippen MR) is 112 cm³/mol. The van der Waals surface area contributed by atoms with E-state index in [0.29, 0.717) is 17.3 Å². The minimum atomic E-state index is -0.328. The molecule has 1 aromatic carbocycles. The molecule has 28 heavy (non-hydrogen) atoms. The molecular formula is C20H20N4O2S2. The maximum Gasteiger partial charge on any atom is 0.237 e. The number of ketones is 1. The van der Waals surface area contributed by atoms with Crippen molar-refractivity contribution in [3.8, 4) is 10.7 Å². The Morgan fingerprint density at radius 3 is 2.57 bits per heavy atom. The van der Waals surface area contributed by atoms with E-state index in [0.717, 1.165) is 28.7 Å². The lowest BCUT2D eigenvalue weighted by Gasteiger charge is -2.13. The SMILES string of the molecule is CC(=O)c1ccc(NC(=O)[C@H](C)Sc2nnc(-c3cccs3)n2C2CC2)cc1. The number of anilines is 1. The molecule has 6 nitrogen and oxygen atoms in total. The Balaban J connectivity index is 1.47. The normalized spacial score (nSPS) is 14.6. The summed E-state index contributed by atoms with van der Waals surface area (Å²) >= 11 is 3.06. The second kappa shape index (κ2) is 7.89. The Morgan fingerprint density at radius 2 is 1.96 bits per heavy atom. The molecule has 1 aliphatic rings. The van der Waals surface area contributed by atoms with Gasteiger partial charge in [0.15, 0.2) is 16.8 Å². The maximum atomic E-state index is 12.6. The highest BCUT2D eigenvalue weighted by Crippen LogP contribution is 2.42. The third-order valence-corrected chi connectivity index (χ3v) is 6.45. The van der Waals surface area contributed by atoms with Gasteiger partial charge in [-0.1, -0.05) is 17.8 Å². The van der Waals surface area contributed by atoms with Crippen molar-refractivity contribution in [1.29, 1.82) is 0 Å². The van der Waals surface area contributed by atoms with E-state index >= 15 is 0 Å². The van der Waals surface area contributed by atoms with Crippen LogP contribution in [0.15, 0.2) is 46.9 Å². The Labute approximate surface area is 171 Å². The summed E-state index contributed by atoms with van der Waals surface area (Å²) < 4.78 is 2.17. The van der Waals surface area contributed by atoms with E-state index in [2.05, 4.69) is 20.1 Å². The number of aromatic nitrogens is 3. The topological polar surface area (TPSA) is 76.9 Å². The highest BCUT2D eigenvalue weighted by molar-refractivity contribution is 8.00. The molecule has 1 atom stereocenters. The molecule has 0 radical (unpaired) electrons. The summed E-state index contributed by atoms with van der Waals surface area (Å²) in [5.74, 6) is 0.777. The zero-order valence-electron chi connectivity index (χ0n) is 15.6. The van der Waals surface area contributed by atoms with Crippen LogP contribution in [0.25, 0.3) is 10.7 Å². The van der Waals surface area contributed by atoms with Gasteiger partial charge in [-0.2, -0.15) is 0 Å². The van der Waals surface area contributed by atoms with Crippen LogP contribution in [0, 0.1) is 0 Å². The number of carbonyl (C=O) groups is 2. The molecule has 1 N–H and O–H groups in total. The summed E-state index contributed by atoms with van der Waals surface area (Å²) in [5, 5.41) is 14.1. The molecule has 1 aliphatic carbocycles. The molecule has 3 aromatic rings. The van der Waals surface area contributed by atoms with Gasteiger partial charge in [0.2, 0.25) is 5.91 Å². The molecule has 0 unspecified atom stereocenters. The van der Waals surface area contributed by atoms with Crippen molar-refractivity contribution in [3.05, 3.63) is 47.3 Å². The number of hydrogen-bond donors (Lipinski definition) is 1. The first-order valence-corrected chi connectivity index (χ1v) is 10.9. The predicted octanol–water partition coefficient (Wildman–Crippen LogP) is 4.66. The summed E-state index contributed by atoms with van der Waals surface area (Å²) in [6.07, 6.45) is 2.24. The van der Waals surface area contributed by atoms with Gasteiger partial charge in [-0.15, -0.1) is 21.5 Å². The molecule has 0 bridgehead atoms. The van der Waals surface area contributed by atoms with Crippen LogP contribution in [0.5, 0.6) is 0 Å². The summed E-state index contributed by atoms with van der Waals surface area (Å²) in [4.78, 5) is 25.1. The van der Waals surface area contributed by atoms with Crippen molar-refractivity contribution in [2.75, 3.05) is 5.32 Å². The molecule has 2 aromatic heterocycles. The minimum Gasteiger partial charge on any atom is -0.325 e. The molecule has 1 fully saturated rings. The van der Waals surface area contributed by atoms with Crippen LogP contribution < -0.4 is 5.32 Å². The molecule has 0 aliphatic heterocycles. The van der Waals surface area contributed by atoms with Crippen LogP contribution in [0.1, 0.15) is 43.1 Å². The van der Waals surface area contributed by atoms with E-state index in [4.69, 9.17) is 0 Å². The van der Waals surface area contributed by atoms with E-state index in [-0.39, 0.29) is 16.9 Å². The highest BCUT2D eigenvalue weighted by Gasteiger charge is 2.31. The van der Waals surface area contributed by atoms with E-state index < -0.39 is 0 Å². The minimum absolute atomic E-state index is 0.00255. The van der Waals surface area contributed by atoms with Crippen molar-refractivity contribution < 1.29 is 9.59 Å². The lowest BCUT2D eigenvalue weighted by atomic mass is 10.1. The highest BCUT2D eigenvalue weighted by atomic mass is 32.2. The molecule has 0 saturated heterocycles. The van der Waals surface area contributed by atoms with Crippen LogP contribution in [0.3, 0.4) is 0 Å². The summed E-state index contributed by atoms with van der Waals surface area (Å²) in [6, 6.07) is 11.4. The summed E-state index contributed by atoms with van der Waals surface area (Å²) in [6.45, 7) is 3.38. The number of rotatable bonds is 7. The molecular weight excluding hydrogens is 392 g/mol. The van der Waals surface area contributed by atoms with Gasteiger partial charge in [0.05, 0.1) is 10.1 Å². The first kappa shape index (κ1) is 18.9. The fourth-order valence-electron chi connectivity index (χ4n) is 2.84. The molecule has 1 saturated carbocycles. The Morgan fingerprint density at radius 1 is 1.21 bits per heavy atom. The Kier molecular flexibility index (Phi) is 5.32. The first-order valence-electron chi connectivity index (χ1n) is 9.10. The van der Waals surface area contributed by atoms with Gasteiger partial charge in [-0.05, 0) is 62.4 Å². The Bertz CT molecular complexity index is 992. The average molecular weight is 413 g/mol.